The average Bonchev–Trinajstić information content (AvgIpc) is 2.48. The molecule has 0 aliphatic heterocycles. The summed E-state index contributed by atoms with van der Waals surface area (Å²) in [6.07, 6.45) is 6.30. The quantitative estimate of drug-likeness (QED) is 0.748. The fourth-order valence-electron chi connectivity index (χ4n) is 3.79. The average molecular weight is 297 g/mol. The molecule has 0 bridgehead atoms. The van der Waals surface area contributed by atoms with Crippen molar-refractivity contribution in [3.8, 4) is 0 Å². The molecule has 21 heavy (non-hydrogen) atoms. The van der Waals surface area contributed by atoms with Crippen LogP contribution >= 0.6 is 0 Å². The molecule has 3 atom stereocenters. The van der Waals surface area contributed by atoms with Crippen molar-refractivity contribution in [3.05, 3.63) is 0 Å². The van der Waals surface area contributed by atoms with Gasteiger partial charge in [-0.25, -0.2) is 0 Å². The van der Waals surface area contributed by atoms with Gasteiger partial charge in [-0.2, -0.15) is 0 Å². The zero-order valence-corrected chi connectivity index (χ0v) is 14.5. The maximum atomic E-state index is 12.3. The number of carbonyl (C=O) groups is 1. The van der Waals surface area contributed by atoms with E-state index in [1.165, 1.54) is 32.1 Å². The Morgan fingerprint density at radius 1 is 1.19 bits per heavy atom. The van der Waals surface area contributed by atoms with Gasteiger partial charge in [0.15, 0.2) is 0 Å². The largest absolute Gasteiger partial charge is 0.342 e. The van der Waals surface area contributed by atoms with E-state index in [-0.39, 0.29) is 5.91 Å². The van der Waals surface area contributed by atoms with E-state index >= 15 is 0 Å². The number of nitrogens with zero attached hydrogens (tertiary/aromatic N) is 2. The number of amides is 1. The van der Waals surface area contributed by atoms with E-state index in [9.17, 15) is 4.79 Å². The van der Waals surface area contributed by atoms with Crippen LogP contribution in [0.2, 0.25) is 0 Å². The van der Waals surface area contributed by atoms with Crippen molar-refractivity contribution in [2.45, 2.75) is 58.9 Å². The zero-order valence-electron chi connectivity index (χ0n) is 14.5. The minimum atomic E-state index is 0.246. The molecule has 1 amide bonds. The lowest BCUT2D eigenvalue weighted by Crippen LogP contribution is -2.49. The predicted molar refractivity (Wildman–Crippen MR) is 89.1 cm³/mol. The molecule has 1 saturated carbocycles. The first kappa shape index (κ1) is 18.4. The second-order valence-corrected chi connectivity index (χ2v) is 6.51. The SMILES string of the molecule is CCCC1CCC(CN)C(N(C)CC(=O)N(CC)CC)C1. The maximum absolute atomic E-state index is 12.3. The summed E-state index contributed by atoms with van der Waals surface area (Å²) in [5, 5.41) is 0. The molecule has 2 N–H and O–H groups in total. The van der Waals surface area contributed by atoms with Gasteiger partial charge in [0, 0.05) is 19.1 Å². The highest BCUT2D eigenvalue weighted by atomic mass is 16.2. The van der Waals surface area contributed by atoms with Crippen molar-refractivity contribution in [1.29, 1.82) is 0 Å². The number of carbonyl (C=O) groups excluding carboxylic acids is 1. The molecule has 3 unspecified atom stereocenters. The lowest BCUT2D eigenvalue weighted by atomic mass is 9.76. The highest BCUT2D eigenvalue weighted by molar-refractivity contribution is 5.78. The molecule has 1 aliphatic carbocycles. The van der Waals surface area contributed by atoms with Gasteiger partial charge in [-0.3, -0.25) is 9.69 Å². The first-order valence-electron chi connectivity index (χ1n) is 8.75. The molecule has 1 rings (SSSR count). The van der Waals surface area contributed by atoms with E-state index in [4.69, 9.17) is 5.73 Å². The van der Waals surface area contributed by atoms with Crippen LogP contribution < -0.4 is 5.73 Å². The van der Waals surface area contributed by atoms with Gasteiger partial charge in [0.25, 0.3) is 0 Å². The summed E-state index contributed by atoms with van der Waals surface area (Å²) in [5.41, 5.74) is 5.97. The highest BCUT2D eigenvalue weighted by Gasteiger charge is 2.32. The summed E-state index contributed by atoms with van der Waals surface area (Å²) in [7, 11) is 2.10. The molecule has 1 fully saturated rings. The summed E-state index contributed by atoms with van der Waals surface area (Å²) in [4.78, 5) is 16.5. The Hall–Kier alpha value is -0.610. The Balaban J connectivity index is 2.62. The van der Waals surface area contributed by atoms with Gasteiger partial charge in [-0.1, -0.05) is 26.2 Å². The van der Waals surface area contributed by atoms with Gasteiger partial charge in [0.2, 0.25) is 5.91 Å². The van der Waals surface area contributed by atoms with Crippen LogP contribution in [0.25, 0.3) is 0 Å². The molecule has 124 valence electrons. The maximum Gasteiger partial charge on any atom is 0.236 e. The van der Waals surface area contributed by atoms with Crippen molar-refractivity contribution in [1.82, 2.24) is 9.80 Å². The van der Waals surface area contributed by atoms with Crippen LogP contribution in [0.1, 0.15) is 52.9 Å². The van der Waals surface area contributed by atoms with E-state index in [0.29, 0.717) is 18.5 Å². The van der Waals surface area contributed by atoms with Gasteiger partial charge in [0.1, 0.15) is 0 Å². The Morgan fingerprint density at radius 2 is 1.86 bits per heavy atom. The molecule has 0 aromatic heterocycles. The number of hydrogen-bond acceptors (Lipinski definition) is 3. The first-order chi connectivity index (χ1) is 10.1. The molecular weight excluding hydrogens is 262 g/mol. The molecule has 0 aromatic rings. The molecule has 1 aliphatic rings. The molecular formula is C17H35N3O. The van der Waals surface area contributed by atoms with E-state index in [0.717, 1.165) is 25.6 Å². The molecule has 0 aromatic carbocycles. The van der Waals surface area contributed by atoms with Gasteiger partial charge in [-0.05, 0) is 52.1 Å². The van der Waals surface area contributed by atoms with Crippen molar-refractivity contribution in [3.63, 3.8) is 0 Å². The third-order valence-electron chi connectivity index (χ3n) is 5.13. The molecule has 4 heteroatoms. The summed E-state index contributed by atoms with van der Waals surface area (Å²) in [5.74, 6) is 1.61. The molecule has 0 heterocycles. The summed E-state index contributed by atoms with van der Waals surface area (Å²) in [6, 6.07) is 0.472. The summed E-state index contributed by atoms with van der Waals surface area (Å²) in [6.45, 7) is 9.22. The zero-order chi connectivity index (χ0) is 15.8. The number of hydrogen-bond donors (Lipinski definition) is 1. The van der Waals surface area contributed by atoms with Crippen molar-refractivity contribution in [2.75, 3.05) is 33.2 Å². The standard InChI is InChI=1S/C17H35N3O/c1-5-8-14-9-10-15(12-18)16(11-14)19(4)13-17(21)20(6-2)7-3/h14-16H,5-13,18H2,1-4H3. The Bertz CT molecular complexity index is 304. The monoisotopic (exact) mass is 297 g/mol. The third-order valence-corrected chi connectivity index (χ3v) is 5.13. The lowest BCUT2D eigenvalue weighted by Gasteiger charge is -2.41. The number of nitrogens with two attached hydrogens (primary N) is 1. The normalized spacial score (nSPS) is 26.1. The van der Waals surface area contributed by atoms with Gasteiger partial charge >= 0.3 is 0 Å². The predicted octanol–water partition coefficient (Wildman–Crippen LogP) is 2.33. The van der Waals surface area contributed by atoms with Crippen molar-refractivity contribution >= 4 is 5.91 Å². The van der Waals surface area contributed by atoms with Gasteiger partial charge in [-0.15, -0.1) is 0 Å². The highest BCUT2D eigenvalue weighted by Crippen LogP contribution is 2.33. The second kappa shape index (κ2) is 9.42. The first-order valence-corrected chi connectivity index (χ1v) is 8.75. The summed E-state index contributed by atoms with van der Waals surface area (Å²) < 4.78 is 0. The van der Waals surface area contributed by atoms with Crippen molar-refractivity contribution < 1.29 is 4.79 Å². The second-order valence-electron chi connectivity index (χ2n) is 6.51. The van der Waals surface area contributed by atoms with Gasteiger partial charge < -0.3 is 10.6 Å². The van der Waals surface area contributed by atoms with Crippen molar-refractivity contribution in [2.24, 2.45) is 17.6 Å². The Kier molecular flexibility index (Phi) is 8.27. The van der Waals surface area contributed by atoms with E-state index in [2.05, 4.69) is 18.9 Å². The van der Waals surface area contributed by atoms with Crippen LogP contribution in [-0.4, -0.2) is 55.0 Å². The van der Waals surface area contributed by atoms with Gasteiger partial charge in [0.05, 0.1) is 6.54 Å². The third kappa shape index (κ3) is 5.26. The molecule has 0 saturated heterocycles. The van der Waals surface area contributed by atoms with E-state index in [1.807, 2.05) is 18.7 Å². The van der Waals surface area contributed by atoms with E-state index < -0.39 is 0 Å². The van der Waals surface area contributed by atoms with Crippen LogP contribution in [-0.2, 0) is 4.79 Å². The van der Waals surface area contributed by atoms with Crippen LogP contribution in [0.15, 0.2) is 0 Å². The molecule has 0 radical (unpaired) electrons. The van der Waals surface area contributed by atoms with E-state index in [1.54, 1.807) is 0 Å². The topological polar surface area (TPSA) is 49.6 Å². The smallest absolute Gasteiger partial charge is 0.236 e. The van der Waals surface area contributed by atoms with Crippen LogP contribution in [0.4, 0.5) is 0 Å². The van der Waals surface area contributed by atoms with Crippen LogP contribution in [0.3, 0.4) is 0 Å². The van der Waals surface area contributed by atoms with Crippen LogP contribution in [0, 0.1) is 11.8 Å². The summed E-state index contributed by atoms with van der Waals surface area (Å²) >= 11 is 0. The fraction of sp³-hybridized carbons (Fsp3) is 0.941. The number of likely N-dealkylation sites (N-methyl/N-ethyl adjacent to an activating group) is 2. The molecule has 0 spiro atoms. The minimum absolute atomic E-state index is 0.246. The molecule has 4 nitrogen and oxygen atoms in total. The van der Waals surface area contributed by atoms with Crippen LogP contribution in [0.5, 0.6) is 0 Å². The lowest BCUT2D eigenvalue weighted by molar-refractivity contribution is -0.132. The Morgan fingerprint density at radius 3 is 2.38 bits per heavy atom. The minimum Gasteiger partial charge on any atom is -0.342 e. The number of rotatable bonds is 8. The Labute approximate surface area is 131 Å². The fourth-order valence-corrected chi connectivity index (χ4v) is 3.79.